The van der Waals surface area contributed by atoms with Gasteiger partial charge in [0.25, 0.3) is 11.8 Å². The van der Waals surface area contributed by atoms with Gasteiger partial charge in [0, 0.05) is 79.8 Å². The van der Waals surface area contributed by atoms with Crippen LogP contribution in [-0.4, -0.2) is 132 Å². The van der Waals surface area contributed by atoms with Crippen LogP contribution in [0.1, 0.15) is 128 Å². The Hall–Kier alpha value is -8.37. The van der Waals surface area contributed by atoms with Gasteiger partial charge in [-0.25, -0.2) is 19.3 Å². The lowest BCUT2D eigenvalue weighted by Gasteiger charge is -2.36. The number of nitrogens with zero attached hydrogens (tertiary/aromatic N) is 6. The highest BCUT2D eigenvalue weighted by Gasteiger charge is 2.50. The Morgan fingerprint density at radius 1 is 0.880 bits per heavy atom. The monoisotopic (exact) mass is 1130 g/mol. The normalized spacial score (nSPS) is 21.1. The molecule has 1 fully saturated rings. The molecule has 83 heavy (non-hydrogen) atoms. The zero-order valence-electron chi connectivity index (χ0n) is 46.8. The largest absolute Gasteiger partial charge is 0.387 e. The van der Waals surface area contributed by atoms with Gasteiger partial charge in [-0.1, -0.05) is 42.5 Å². The summed E-state index contributed by atoms with van der Waals surface area (Å²) in [5.74, 6) is -4.71. The predicted molar refractivity (Wildman–Crippen MR) is 296 cm³/mol. The number of pyridine rings is 1. The third-order valence-corrected chi connectivity index (χ3v) is 17.1. The molecule has 1 saturated carbocycles. The number of ether oxygens (including phenoxy) is 2. The lowest BCUT2D eigenvalue weighted by atomic mass is 9.76. The molecule has 6 aliphatic rings. The fraction of sp³-hybridized carbons (Fsp3) is 0.459. The molecule has 0 spiro atoms. The number of carbonyl (C=O) groups excluding carboxylic acids is 10. The van der Waals surface area contributed by atoms with E-state index in [2.05, 4.69) is 33.2 Å². The third kappa shape index (κ3) is 12.5. The lowest BCUT2D eigenvalue weighted by Crippen LogP contribution is -2.49. The second kappa shape index (κ2) is 24.6. The summed E-state index contributed by atoms with van der Waals surface area (Å²) in [5.41, 5.74) is 7.17. The highest BCUT2D eigenvalue weighted by Crippen LogP contribution is 2.49. The van der Waals surface area contributed by atoms with Gasteiger partial charge in [-0.3, -0.25) is 43.3 Å². The quantitative estimate of drug-likeness (QED) is 0.0256. The summed E-state index contributed by atoms with van der Waals surface area (Å²) in [6.45, 7) is 6.02. The molecule has 0 radical (unpaired) electrons. The Morgan fingerprint density at radius 2 is 1.63 bits per heavy atom. The summed E-state index contributed by atoms with van der Waals surface area (Å²) in [6.07, 6.45) is 9.41. The van der Waals surface area contributed by atoms with E-state index >= 15 is 0 Å². The molecular weight excluding hydrogens is 1070 g/mol. The minimum absolute atomic E-state index is 0.0129. The molecule has 2 aliphatic carbocycles. The summed E-state index contributed by atoms with van der Waals surface area (Å²) in [6, 6.07) is 10.1. The van der Waals surface area contributed by atoms with Crippen LogP contribution in [0.15, 0.2) is 72.0 Å². The number of aryl methyl sites for hydroxylation is 2. The van der Waals surface area contributed by atoms with Crippen molar-refractivity contribution in [3.63, 3.8) is 0 Å². The van der Waals surface area contributed by atoms with Crippen molar-refractivity contribution in [1.29, 1.82) is 0 Å². The van der Waals surface area contributed by atoms with Gasteiger partial charge in [-0.2, -0.15) is 0 Å². The van der Waals surface area contributed by atoms with Gasteiger partial charge in [0.15, 0.2) is 23.0 Å². The number of amides is 5. The molecule has 22 heteroatoms. The molecule has 10 rings (SSSR count). The Bertz CT molecular complexity index is 3430. The molecule has 434 valence electrons. The summed E-state index contributed by atoms with van der Waals surface area (Å²) in [7, 11) is 0. The number of fused-ring (bicyclic) bond motifs is 4. The van der Waals surface area contributed by atoms with Gasteiger partial charge in [0.2, 0.25) is 17.7 Å². The SMILES string of the molecule is CC[C@@]1(O)C(=O)OC(=O)C2=C1C=C1c3nc4cc(C)c(C)c5c4c(c3CN1C2)[C@@H](CC(=O)COCNC(=O)CCC(=O)[C@H](Cc1ccccc1)NC(=O)CCC(=O)Cn1cc(CNC(=O)C2CCC(CN3C(=O)C=CC3=O)CC2)nn1)CC5. The molecule has 2 aromatic carbocycles. The van der Waals surface area contributed by atoms with Crippen LogP contribution in [0.3, 0.4) is 0 Å². The Kier molecular flexibility index (Phi) is 17.2. The van der Waals surface area contributed by atoms with E-state index in [0.717, 1.165) is 45.1 Å². The Morgan fingerprint density at radius 3 is 2.37 bits per heavy atom. The first kappa shape index (κ1) is 57.8. The molecular formula is C61H67N9O13. The first-order valence-corrected chi connectivity index (χ1v) is 28.5. The van der Waals surface area contributed by atoms with E-state index in [9.17, 15) is 53.1 Å². The average Bonchev–Trinajstić information content (AvgIpc) is 1.83. The topological polar surface area (TPSA) is 296 Å². The fourth-order valence-corrected chi connectivity index (χ4v) is 12.4. The van der Waals surface area contributed by atoms with Crippen LogP contribution in [0.4, 0.5) is 0 Å². The van der Waals surface area contributed by atoms with Crippen molar-refractivity contribution in [2.45, 2.75) is 141 Å². The van der Waals surface area contributed by atoms with Gasteiger partial charge in [-0.15, -0.1) is 5.10 Å². The van der Waals surface area contributed by atoms with Crippen LogP contribution in [-0.2, 0) is 89.9 Å². The Labute approximate surface area is 478 Å². The maximum Gasteiger partial charge on any atom is 0.350 e. The summed E-state index contributed by atoms with van der Waals surface area (Å²) < 4.78 is 12.0. The molecule has 4 aliphatic heterocycles. The van der Waals surface area contributed by atoms with Crippen molar-refractivity contribution >= 4 is 75.4 Å². The number of rotatable bonds is 24. The first-order chi connectivity index (χ1) is 39.9. The lowest BCUT2D eigenvalue weighted by molar-refractivity contribution is -0.172. The van der Waals surface area contributed by atoms with E-state index in [4.69, 9.17) is 14.5 Å². The molecule has 0 unspecified atom stereocenters. The van der Waals surface area contributed by atoms with Gasteiger partial charge in [0.1, 0.15) is 25.6 Å². The molecule has 0 saturated heterocycles. The summed E-state index contributed by atoms with van der Waals surface area (Å²) in [5, 5.41) is 28.8. The van der Waals surface area contributed by atoms with Gasteiger partial charge in [0.05, 0.1) is 47.8 Å². The third-order valence-electron chi connectivity index (χ3n) is 17.1. The van der Waals surface area contributed by atoms with E-state index in [-0.39, 0.29) is 142 Å². The smallest absolute Gasteiger partial charge is 0.350 e. The molecule has 4 aromatic rings. The number of hydrogen-bond donors (Lipinski definition) is 4. The molecule has 0 bridgehead atoms. The number of carbonyl (C=O) groups is 10. The second-order valence-corrected chi connectivity index (χ2v) is 22.6. The van der Waals surface area contributed by atoms with E-state index in [1.165, 1.54) is 27.3 Å². The minimum atomic E-state index is -1.98. The van der Waals surface area contributed by atoms with Crippen LogP contribution in [0.25, 0.3) is 16.6 Å². The summed E-state index contributed by atoms with van der Waals surface area (Å²) >= 11 is 0. The number of cyclic esters (lactones) is 2. The number of ketones is 3. The number of benzene rings is 2. The van der Waals surface area contributed by atoms with E-state index < -0.39 is 35.4 Å². The van der Waals surface area contributed by atoms with Crippen LogP contribution in [0, 0.1) is 25.7 Å². The van der Waals surface area contributed by atoms with Crippen molar-refractivity contribution < 1.29 is 62.5 Å². The van der Waals surface area contributed by atoms with Gasteiger partial charge >= 0.3 is 11.9 Å². The van der Waals surface area contributed by atoms with Crippen LogP contribution >= 0.6 is 0 Å². The van der Waals surface area contributed by atoms with Crippen molar-refractivity contribution in [3.8, 4) is 0 Å². The standard InChI is InChI=1S/C61H67N9O13/c1-4-61(81)46-25-49-57-45(31-68(49)30-44(46)59(79)83-60(61)80)55-39(14-16-43-35(3)34(2)22-48(65-57)56(43)55)24-42(72)32-82-33-63-51(74)19-17-50(73)47(23-36-8-6-5-7-9-36)64-52(75)18-15-41(71)29-69-28-40(66-67-69)26-62-58(78)38-12-10-37(11-13-38)27-70-53(76)20-21-54(70)77/h5-9,20-22,25,28,37-39,47,81H,4,10-19,23-24,26-27,29-33H2,1-3H3,(H,62,78)(H,63,74)(H,64,75)/t37?,38?,39-,47+,61+/m1/s1. The number of nitrogens with one attached hydrogen (secondary N) is 3. The molecule has 3 atom stereocenters. The predicted octanol–water partition coefficient (Wildman–Crippen LogP) is 3.69. The van der Waals surface area contributed by atoms with E-state index in [1.54, 1.807) is 19.2 Å². The van der Waals surface area contributed by atoms with Crippen molar-refractivity contribution in [1.82, 2.24) is 45.7 Å². The average molecular weight is 1130 g/mol. The fourth-order valence-electron chi connectivity index (χ4n) is 12.4. The van der Waals surface area contributed by atoms with Gasteiger partial charge < -0.3 is 35.4 Å². The van der Waals surface area contributed by atoms with Crippen LogP contribution < -0.4 is 16.0 Å². The number of hydrogen-bond acceptors (Lipinski definition) is 17. The van der Waals surface area contributed by atoms with Crippen LogP contribution in [0.2, 0.25) is 0 Å². The van der Waals surface area contributed by atoms with Crippen molar-refractivity contribution in [2.75, 3.05) is 26.4 Å². The van der Waals surface area contributed by atoms with Gasteiger partial charge in [-0.05, 0) is 117 Å². The zero-order valence-corrected chi connectivity index (χ0v) is 46.8. The number of aromatic nitrogens is 4. The van der Waals surface area contributed by atoms with Crippen LogP contribution in [0.5, 0.6) is 0 Å². The molecule has 4 N–H and O–H groups in total. The molecule has 22 nitrogen and oxygen atoms in total. The molecule has 2 aromatic heterocycles. The highest BCUT2D eigenvalue weighted by atomic mass is 16.6. The first-order valence-electron chi connectivity index (χ1n) is 28.5. The number of esters is 2. The Balaban J connectivity index is 0.671. The maximum absolute atomic E-state index is 13.7. The molecule has 5 amide bonds. The maximum atomic E-state index is 13.7. The van der Waals surface area contributed by atoms with Crippen molar-refractivity contribution in [3.05, 3.63) is 117 Å². The summed E-state index contributed by atoms with van der Waals surface area (Å²) in [4.78, 5) is 138. The van der Waals surface area contributed by atoms with E-state index in [1.807, 2.05) is 48.2 Å². The zero-order chi connectivity index (χ0) is 58.7. The van der Waals surface area contributed by atoms with E-state index in [0.29, 0.717) is 62.3 Å². The molecule has 6 heterocycles. The number of imide groups is 1. The minimum Gasteiger partial charge on any atom is -0.387 e. The second-order valence-electron chi connectivity index (χ2n) is 22.6. The number of aliphatic hydroxyl groups is 1. The number of Topliss-reactive ketones (excluding diaryl/α,β-unsaturated/α-hetero) is 3. The van der Waals surface area contributed by atoms with Crippen molar-refractivity contribution in [2.24, 2.45) is 11.8 Å². The highest BCUT2D eigenvalue weighted by molar-refractivity contribution is 6.13.